The predicted molar refractivity (Wildman–Crippen MR) is 120 cm³/mol. The molecule has 0 aliphatic rings. The van der Waals surface area contributed by atoms with Crippen LogP contribution in [0, 0.1) is 6.92 Å². The number of para-hydroxylation sites is 1. The largest absolute Gasteiger partial charge is 0.416 e. The molecule has 0 aliphatic heterocycles. The van der Waals surface area contributed by atoms with Crippen molar-refractivity contribution < 1.29 is 22.8 Å². The van der Waals surface area contributed by atoms with Crippen LogP contribution < -0.4 is 10.6 Å². The van der Waals surface area contributed by atoms with Gasteiger partial charge in [-0.1, -0.05) is 67.4 Å². The number of carbonyl (C=O) groups excluding carboxylic acids is 2. The molecule has 0 heterocycles. The summed E-state index contributed by atoms with van der Waals surface area (Å²) in [6.07, 6.45) is -4.55. The number of amides is 3. The van der Waals surface area contributed by atoms with E-state index < -0.39 is 29.7 Å². The monoisotopic (exact) mass is 459 g/mol. The molecular weight excluding hydrogens is 439 g/mol. The van der Waals surface area contributed by atoms with Crippen LogP contribution in [0.2, 0.25) is 0 Å². The molecule has 0 bridgehead atoms. The Morgan fingerprint density at radius 2 is 1.56 bits per heavy atom. The second kappa shape index (κ2) is 9.78. The number of hydrogen-bond donors (Lipinski definition) is 3. The smallest absolute Gasteiger partial charge is 0.324 e. The Labute approximate surface area is 188 Å². The van der Waals surface area contributed by atoms with Crippen molar-refractivity contribution in [2.24, 2.45) is 0 Å². The highest BCUT2D eigenvalue weighted by Gasteiger charge is 2.32. The first-order valence-corrected chi connectivity index (χ1v) is 9.94. The van der Waals surface area contributed by atoms with Crippen LogP contribution in [0.25, 0.3) is 0 Å². The molecule has 2 N–H and O–H groups in total. The van der Waals surface area contributed by atoms with E-state index in [9.17, 15) is 22.8 Å². The number of nitrogens with one attached hydrogen (secondary N) is 2. The molecule has 1 atom stereocenters. The van der Waals surface area contributed by atoms with Crippen molar-refractivity contribution in [2.45, 2.75) is 19.1 Å². The molecule has 0 saturated carbocycles. The molecule has 32 heavy (non-hydrogen) atoms. The van der Waals surface area contributed by atoms with Gasteiger partial charge >= 0.3 is 12.2 Å². The minimum absolute atomic E-state index is 0.0741. The molecule has 5 nitrogen and oxygen atoms in total. The zero-order valence-corrected chi connectivity index (χ0v) is 17.8. The van der Waals surface area contributed by atoms with Gasteiger partial charge in [-0.25, -0.2) is 4.79 Å². The van der Waals surface area contributed by atoms with Gasteiger partial charge in [0.2, 0.25) is 0 Å². The Morgan fingerprint density at radius 1 is 0.906 bits per heavy atom. The molecule has 0 saturated heterocycles. The molecule has 1 unspecified atom stereocenters. The summed E-state index contributed by atoms with van der Waals surface area (Å²) in [5, 5.41) is 5.14. The maximum atomic E-state index is 13.1. The number of aryl methyl sites for hydroxylation is 1. The SMILES string of the molecule is Cc1ccccc1NC(=O)C(c1ccccc1)N(S)C(=O)Nc1cccc(C(F)(F)F)c1. The number of benzene rings is 3. The summed E-state index contributed by atoms with van der Waals surface area (Å²) >= 11 is 4.21. The molecule has 0 aromatic heterocycles. The fourth-order valence-electron chi connectivity index (χ4n) is 3.02. The van der Waals surface area contributed by atoms with Crippen LogP contribution in [0.4, 0.5) is 29.3 Å². The molecule has 166 valence electrons. The van der Waals surface area contributed by atoms with Crippen molar-refractivity contribution in [1.82, 2.24) is 4.31 Å². The van der Waals surface area contributed by atoms with E-state index in [0.29, 0.717) is 11.3 Å². The van der Waals surface area contributed by atoms with Crippen LogP contribution in [-0.2, 0) is 11.0 Å². The standard InChI is InChI=1S/C23H20F3N3O2S/c1-15-8-5-6-13-19(15)28-21(30)20(16-9-3-2-4-10-16)29(32)22(31)27-18-12-7-11-17(14-18)23(24,25)26/h2-14,20,32H,1H3,(H,27,31)(H,28,30). The van der Waals surface area contributed by atoms with Crippen molar-refractivity contribution >= 4 is 36.1 Å². The maximum absolute atomic E-state index is 13.1. The van der Waals surface area contributed by atoms with Crippen molar-refractivity contribution in [3.63, 3.8) is 0 Å². The first kappa shape index (κ1) is 23.2. The van der Waals surface area contributed by atoms with E-state index in [1.807, 2.05) is 19.1 Å². The van der Waals surface area contributed by atoms with E-state index in [1.54, 1.807) is 42.5 Å². The van der Waals surface area contributed by atoms with E-state index >= 15 is 0 Å². The molecular formula is C23H20F3N3O2S. The van der Waals surface area contributed by atoms with Crippen molar-refractivity contribution in [2.75, 3.05) is 10.6 Å². The first-order valence-electron chi connectivity index (χ1n) is 9.54. The summed E-state index contributed by atoms with van der Waals surface area (Å²) in [4.78, 5) is 25.9. The molecule has 0 spiro atoms. The maximum Gasteiger partial charge on any atom is 0.416 e. The average molecular weight is 459 g/mol. The normalized spacial score (nSPS) is 12.0. The number of halogens is 3. The number of nitrogens with zero attached hydrogens (tertiary/aromatic N) is 1. The Balaban J connectivity index is 1.85. The lowest BCUT2D eigenvalue weighted by Gasteiger charge is -2.27. The van der Waals surface area contributed by atoms with E-state index in [0.717, 1.165) is 22.0 Å². The third kappa shape index (κ3) is 5.61. The molecule has 3 aromatic rings. The van der Waals surface area contributed by atoms with Gasteiger partial charge in [0.15, 0.2) is 0 Å². The fraction of sp³-hybridized carbons (Fsp3) is 0.130. The number of thiol groups is 1. The van der Waals surface area contributed by atoms with Gasteiger partial charge in [-0.15, -0.1) is 0 Å². The van der Waals surface area contributed by atoms with E-state index in [-0.39, 0.29) is 5.69 Å². The third-order valence-corrected chi connectivity index (χ3v) is 5.07. The zero-order chi connectivity index (χ0) is 23.3. The molecule has 3 aromatic carbocycles. The number of rotatable bonds is 5. The summed E-state index contributed by atoms with van der Waals surface area (Å²) in [5.74, 6) is -0.528. The van der Waals surface area contributed by atoms with Gasteiger partial charge in [0.1, 0.15) is 6.04 Å². The second-order valence-corrected chi connectivity index (χ2v) is 7.40. The van der Waals surface area contributed by atoms with Crippen molar-refractivity contribution in [3.8, 4) is 0 Å². The van der Waals surface area contributed by atoms with Crippen LogP contribution >= 0.6 is 12.8 Å². The molecule has 0 radical (unpaired) electrons. The minimum Gasteiger partial charge on any atom is -0.324 e. The first-order chi connectivity index (χ1) is 15.2. The van der Waals surface area contributed by atoms with Gasteiger partial charge < -0.3 is 10.6 Å². The Kier molecular flexibility index (Phi) is 7.09. The number of urea groups is 1. The lowest BCUT2D eigenvalue weighted by atomic mass is 10.1. The Hall–Kier alpha value is -3.46. The minimum atomic E-state index is -4.55. The fourth-order valence-corrected chi connectivity index (χ4v) is 3.31. The lowest BCUT2D eigenvalue weighted by molar-refractivity contribution is -0.137. The Bertz CT molecular complexity index is 1110. The lowest BCUT2D eigenvalue weighted by Crippen LogP contribution is -2.38. The molecule has 3 rings (SSSR count). The second-order valence-electron chi connectivity index (χ2n) is 6.97. The summed E-state index contributed by atoms with van der Waals surface area (Å²) in [6.45, 7) is 1.83. The van der Waals surface area contributed by atoms with Gasteiger partial charge in [0, 0.05) is 11.4 Å². The Morgan fingerprint density at radius 3 is 2.22 bits per heavy atom. The number of alkyl halides is 3. The van der Waals surface area contributed by atoms with Gasteiger partial charge in [-0.3, -0.25) is 9.10 Å². The van der Waals surface area contributed by atoms with E-state index in [4.69, 9.17) is 0 Å². The number of hydrogen-bond acceptors (Lipinski definition) is 3. The van der Waals surface area contributed by atoms with Crippen molar-refractivity contribution in [1.29, 1.82) is 0 Å². The van der Waals surface area contributed by atoms with Crippen LogP contribution in [0.3, 0.4) is 0 Å². The highest BCUT2D eigenvalue weighted by Crippen LogP contribution is 2.31. The summed E-state index contributed by atoms with van der Waals surface area (Å²) in [5.41, 5.74) is 0.894. The average Bonchev–Trinajstić information content (AvgIpc) is 2.76. The molecule has 9 heteroatoms. The summed E-state index contributed by atoms with van der Waals surface area (Å²) < 4.78 is 39.8. The van der Waals surface area contributed by atoms with Crippen LogP contribution in [-0.4, -0.2) is 16.2 Å². The highest BCUT2D eigenvalue weighted by atomic mass is 32.1. The summed E-state index contributed by atoms with van der Waals surface area (Å²) in [7, 11) is 0. The predicted octanol–water partition coefficient (Wildman–Crippen LogP) is 6.07. The van der Waals surface area contributed by atoms with E-state index in [1.165, 1.54) is 12.1 Å². The quantitative estimate of drug-likeness (QED) is 0.406. The number of carbonyl (C=O) groups is 2. The third-order valence-electron chi connectivity index (χ3n) is 4.66. The van der Waals surface area contributed by atoms with Gasteiger partial charge in [0.25, 0.3) is 5.91 Å². The van der Waals surface area contributed by atoms with Gasteiger partial charge in [0.05, 0.1) is 5.56 Å². The van der Waals surface area contributed by atoms with Gasteiger partial charge in [-0.2, -0.15) is 13.2 Å². The number of anilines is 2. The summed E-state index contributed by atoms with van der Waals surface area (Å²) in [6, 6.07) is 17.8. The molecule has 0 fully saturated rings. The van der Waals surface area contributed by atoms with Crippen LogP contribution in [0.1, 0.15) is 22.7 Å². The van der Waals surface area contributed by atoms with E-state index in [2.05, 4.69) is 23.4 Å². The van der Waals surface area contributed by atoms with Crippen molar-refractivity contribution in [3.05, 3.63) is 95.6 Å². The topological polar surface area (TPSA) is 61.4 Å². The van der Waals surface area contributed by atoms with Crippen LogP contribution in [0.15, 0.2) is 78.9 Å². The van der Waals surface area contributed by atoms with Gasteiger partial charge in [-0.05, 0) is 42.3 Å². The zero-order valence-electron chi connectivity index (χ0n) is 16.9. The molecule has 3 amide bonds. The molecule has 0 aliphatic carbocycles. The highest BCUT2D eigenvalue weighted by molar-refractivity contribution is 7.78. The van der Waals surface area contributed by atoms with Crippen LogP contribution in [0.5, 0.6) is 0 Å².